The summed E-state index contributed by atoms with van der Waals surface area (Å²) in [5, 5.41) is 24.2. The summed E-state index contributed by atoms with van der Waals surface area (Å²) in [5.41, 5.74) is 2.63. The number of nitrogens with zero attached hydrogens (tertiary/aromatic N) is 4. The maximum absolute atomic E-state index is 12.7. The number of hydrogen-bond donors (Lipinski definition) is 2. The molecule has 5 aromatic rings. The number of anilines is 1. The van der Waals surface area contributed by atoms with Crippen LogP contribution in [0.3, 0.4) is 0 Å². The second kappa shape index (κ2) is 11.0. The van der Waals surface area contributed by atoms with Gasteiger partial charge in [-0.05, 0) is 49.4 Å². The first kappa shape index (κ1) is 25.3. The summed E-state index contributed by atoms with van der Waals surface area (Å²) < 4.78 is 7.47. The molecule has 0 fully saturated rings. The second-order valence-corrected chi connectivity index (χ2v) is 9.43. The Bertz CT molecular complexity index is 1630. The predicted molar refractivity (Wildman–Crippen MR) is 147 cm³/mol. The summed E-state index contributed by atoms with van der Waals surface area (Å²) in [4.78, 5) is 26.5. The third-order valence-electron chi connectivity index (χ3n) is 5.63. The molecule has 0 radical (unpaired) electrons. The molecule has 0 aliphatic carbocycles. The molecule has 0 aliphatic heterocycles. The van der Waals surface area contributed by atoms with Crippen LogP contribution in [0.25, 0.3) is 28.0 Å². The van der Waals surface area contributed by atoms with E-state index in [0.717, 1.165) is 27.9 Å². The lowest BCUT2D eigenvalue weighted by atomic mass is 10.1. The van der Waals surface area contributed by atoms with E-state index in [1.807, 2.05) is 66.2 Å². The lowest BCUT2D eigenvalue weighted by Crippen LogP contribution is -2.14. The Labute approximate surface area is 226 Å². The van der Waals surface area contributed by atoms with Gasteiger partial charge in [-0.2, -0.15) is 0 Å². The van der Waals surface area contributed by atoms with Crippen molar-refractivity contribution in [1.29, 1.82) is 0 Å². The van der Waals surface area contributed by atoms with E-state index in [1.165, 1.54) is 30.0 Å². The van der Waals surface area contributed by atoms with E-state index in [1.54, 1.807) is 0 Å². The Morgan fingerprint density at radius 2 is 1.95 bits per heavy atom. The molecular formula is C26H21ClN6O4S. The van der Waals surface area contributed by atoms with E-state index in [2.05, 4.69) is 20.5 Å². The van der Waals surface area contributed by atoms with Gasteiger partial charge in [0.05, 0.1) is 17.3 Å². The van der Waals surface area contributed by atoms with Gasteiger partial charge < -0.3 is 15.0 Å². The van der Waals surface area contributed by atoms with Gasteiger partial charge in [0.15, 0.2) is 11.0 Å². The molecule has 2 N–H and O–H groups in total. The predicted octanol–water partition coefficient (Wildman–Crippen LogP) is 6.11. The molecule has 0 bridgehead atoms. The number of para-hydroxylation sites is 1. The van der Waals surface area contributed by atoms with Gasteiger partial charge in [-0.1, -0.05) is 41.6 Å². The molecule has 0 aliphatic rings. The van der Waals surface area contributed by atoms with Gasteiger partial charge in [0.25, 0.3) is 5.69 Å². The number of hydrogen-bond acceptors (Lipinski definition) is 7. The first-order valence-corrected chi connectivity index (χ1v) is 12.9. The highest BCUT2D eigenvalue weighted by Crippen LogP contribution is 2.33. The molecule has 2 aromatic heterocycles. The number of halogens is 1. The molecule has 10 nitrogen and oxygen atoms in total. The van der Waals surface area contributed by atoms with Crippen molar-refractivity contribution in [2.24, 2.45) is 0 Å². The number of ether oxygens (including phenoxy) is 1. The molecule has 3 aromatic carbocycles. The minimum Gasteiger partial charge on any atom is -0.494 e. The fourth-order valence-electron chi connectivity index (χ4n) is 3.94. The fourth-order valence-corrected chi connectivity index (χ4v) is 4.88. The van der Waals surface area contributed by atoms with Gasteiger partial charge in [-0.3, -0.25) is 19.5 Å². The zero-order valence-electron chi connectivity index (χ0n) is 20.1. The third-order valence-corrected chi connectivity index (χ3v) is 6.88. The zero-order valence-corrected chi connectivity index (χ0v) is 21.6. The lowest BCUT2D eigenvalue weighted by molar-refractivity contribution is -0.384. The first-order valence-electron chi connectivity index (χ1n) is 11.6. The quantitative estimate of drug-likeness (QED) is 0.129. The van der Waals surface area contributed by atoms with Crippen LogP contribution in [0.1, 0.15) is 6.92 Å². The van der Waals surface area contributed by atoms with Gasteiger partial charge >= 0.3 is 0 Å². The Hall–Kier alpha value is -4.35. The van der Waals surface area contributed by atoms with E-state index in [4.69, 9.17) is 16.3 Å². The number of aromatic nitrogens is 4. The minimum atomic E-state index is -0.599. The van der Waals surface area contributed by atoms with E-state index >= 15 is 0 Å². The van der Waals surface area contributed by atoms with Crippen LogP contribution in [0.5, 0.6) is 5.75 Å². The number of carbonyl (C=O) groups excluding carboxylic acids is 1. The van der Waals surface area contributed by atoms with E-state index < -0.39 is 4.92 Å². The monoisotopic (exact) mass is 548 g/mol. The largest absolute Gasteiger partial charge is 0.494 e. The number of fused-ring (bicyclic) bond motifs is 1. The van der Waals surface area contributed by atoms with Crippen LogP contribution in [0.2, 0.25) is 5.02 Å². The number of carbonyl (C=O) groups is 1. The number of amides is 1. The highest BCUT2D eigenvalue weighted by molar-refractivity contribution is 7.99. The van der Waals surface area contributed by atoms with Gasteiger partial charge in [0, 0.05) is 40.1 Å². The van der Waals surface area contributed by atoms with Crippen LogP contribution < -0.4 is 10.1 Å². The second-order valence-electron chi connectivity index (χ2n) is 8.08. The zero-order chi connectivity index (χ0) is 26.6. The van der Waals surface area contributed by atoms with Gasteiger partial charge in [0.2, 0.25) is 5.91 Å². The third kappa shape index (κ3) is 5.20. The topological polar surface area (TPSA) is 128 Å². The molecule has 0 atom stereocenters. The molecule has 1 amide bonds. The summed E-state index contributed by atoms with van der Waals surface area (Å²) in [5.74, 6) is 0.993. The lowest BCUT2D eigenvalue weighted by Gasteiger charge is -2.11. The van der Waals surface area contributed by atoms with Crippen molar-refractivity contribution in [3.63, 3.8) is 0 Å². The normalized spacial score (nSPS) is 11.0. The van der Waals surface area contributed by atoms with E-state index in [-0.39, 0.29) is 28.1 Å². The SMILES string of the molecule is CCOc1ccc(-n2c(SCC(=O)Nc3ccc(Cl)c([N+](=O)[O-])c3)nnc2-c2c[nH]c3ccccc23)cc1. The number of thioether (sulfide) groups is 1. The standard InChI is InChI=1S/C26H21ClN6O4S/c1-2-37-18-10-8-17(9-11-18)32-25(20-14-28-22-6-4-3-5-19(20)22)30-31-26(32)38-15-24(34)29-16-7-12-21(27)23(13-16)33(35)36/h3-14,28H,2,15H2,1H3,(H,29,34). The molecule has 0 unspecified atom stereocenters. The number of benzene rings is 3. The highest BCUT2D eigenvalue weighted by Gasteiger charge is 2.20. The van der Waals surface area contributed by atoms with Crippen molar-refractivity contribution in [1.82, 2.24) is 19.7 Å². The van der Waals surface area contributed by atoms with Crippen LogP contribution in [-0.4, -0.2) is 42.9 Å². The van der Waals surface area contributed by atoms with Crippen molar-refractivity contribution >= 4 is 51.5 Å². The molecule has 0 saturated heterocycles. The average molecular weight is 549 g/mol. The number of nitro benzene ring substituents is 1. The van der Waals surface area contributed by atoms with Crippen molar-refractivity contribution < 1.29 is 14.5 Å². The molecule has 2 heterocycles. The molecule has 192 valence electrons. The Kier molecular flexibility index (Phi) is 7.29. The van der Waals surface area contributed by atoms with Crippen molar-refractivity contribution in [3.05, 3.63) is 88.1 Å². The minimum absolute atomic E-state index is 0.000524. The summed E-state index contributed by atoms with van der Waals surface area (Å²) in [6.45, 7) is 2.48. The van der Waals surface area contributed by atoms with Gasteiger partial charge in [0.1, 0.15) is 10.8 Å². The maximum atomic E-state index is 12.7. The van der Waals surface area contributed by atoms with Crippen molar-refractivity contribution in [2.45, 2.75) is 12.1 Å². The number of nitro groups is 1. The molecule has 38 heavy (non-hydrogen) atoms. The van der Waals surface area contributed by atoms with Gasteiger partial charge in [-0.25, -0.2) is 0 Å². The van der Waals surface area contributed by atoms with Crippen LogP contribution in [0.4, 0.5) is 11.4 Å². The van der Waals surface area contributed by atoms with Crippen LogP contribution in [-0.2, 0) is 4.79 Å². The number of aromatic amines is 1. The van der Waals surface area contributed by atoms with Crippen LogP contribution >= 0.6 is 23.4 Å². The smallest absolute Gasteiger partial charge is 0.289 e. The molecule has 5 rings (SSSR count). The number of H-pyrrole nitrogens is 1. The summed E-state index contributed by atoms with van der Waals surface area (Å²) >= 11 is 7.06. The molecule has 12 heteroatoms. The Morgan fingerprint density at radius 1 is 1.16 bits per heavy atom. The first-order chi connectivity index (χ1) is 18.4. The van der Waals surface area contributed by atoms with E-state index in [0.29, 0.717) is 17.6 Å². The highest BCUT2D eigenvalue weighted by atomic mass is 35.5. The molecule has 0 saturated carbocycles. The van der Waals surface area contributed by atoms with Crippen LogP contribution in [0, 0.1) is 10.1 Å². The van der Waals surface area contributed by atoms with Crippen molar-refractivity contribution in [2.75, 3.05) is 17.7 Å². The fraction of sp³-hybridized carbons (Fsp3) is 0.115. The summed E-state index contributed by atoms with van der Waals surface area (Å²) in [6, 6.07) is 19.6. The molecular weight excluding hydrogens is 528 g/mol. The maximum Gasteiger partial charge on any atom is 0.289 e. The van der Waals surface area contributed by atoms with Crippen LogP contribution in [0.15, 0.2) is 78.1 Å². The Balaban J connectivity index is 1.44. The van der Waals surface area contributed by atoms with E-state index in [9.17, 15) is 14.9 Å². The number of rotatable bonds is 9. The molecule has 0 spiro atoms. The van der Waals surface area contributed by atoms with Crippen molar-refractivity contribution in [3.8, 4) is 22.8 Å². The van der Waals surface area contributed by atoms with Gasteiger partial charge in [-0.15, -0.1) is 10.2 Å². The summed E-state index contributed by atoms with van der Waals surface area (Å²) in [7, 11) is 0. The Morgan fingerprint density at radius 3 is 2.71 bits per heavy atom. The summed E-state index contributed by atoms with van der Waals surface area (Å²) in [6.07, 6.45) is 1.88. The number of nitrogens with one attached hydrogen (secondary N) is 2. The average Bonchev–Trinajstić information content (AvgIpc) is 3.53.